The van der Waals surface area contributed by atoms with Gasteiger partial charge in [0.25, 0.3) is 0 Å². The summed E-state index contributed by atoms with van der Waals surface area (Å²) in [6.45, 7) is 0. The fourth-order valence-electron chi connectivity index (χ4n) is 2.84. The maximum absolute atomic E-state index is 12.3. The molecule has 0 amide bonds. The molecular formula is C18H19NO2. The van der Waals surface area contributed by atoms with E-state index < -0.39 is 6.04 Å². The molecule has 2 aromatic rings. The molecule has 2 N–H and O–H groups in total. The van der Waals surface area contributed by atoms with Crippen LogP contribution >= 0.6 is 0 Å². The van der Waals surface area contributed by atoms with Crippen molar-refractivity contribution in [1.82, 2.24) is 0 Å². The standard InChI is InChI=1S/C18H19NO2/c19-17(14-8-2-1-3-9-14)18(20)21-16-12-6-10-13-7-4-5-11-15(13)16/h1-5,7-9,11,16-17H,6,10,12,19H2. The van der Waals surface area contributed by atoms with Crippen molar-refractivity contribution in [2.24, 2.45) is 5.73 Å². The summed E-state index contributed by atoms with van der Waals surface area (Å²) in [6, 6.07) is 16.8. The second-order valence-electron chi connectivity index (χ2n) is 5.40. The zero-order valence-corrected chi connectivity index (χ0v) is 11.9. The topological polar surface area (TPSA) is 52.3 Å². The van der Waals surface area contributed by atoms with E-state index in [9.17, 15) is 4.79 Å². The van der Waals surface area contributed by atoms with Gasteiger partial charge >= 0.3 is 5.97 Å². The van der Waals surface area contributed by atoms with E-state index in [2.05, 4.69) is 6.07 Å². The lowest BCUT2D eigenvalue weighted by molar-refractivity contribution is -0.152. The first-order valence-corrected chi connectivity index (χ1v) is 7.34. The second kappa shape index (κ2) is 6.10. The molecule has 0 spiro atoms. The van der Waals surface area contributed by atoms with Gasteiger partial charge < -0.3 is 10.5 Å². The Hall–Kier alpha value is -2.13. The molecule has 1 aliphatic carbocycles. The second-order valence-corrected chi connectivity index (χ2v) is 5.40. The zero-order chi connectivity index (χ0) is 14.7. The third kappa shape index (κ3) is 2.98. The van der Waals surface area contributed by atoms with E-state index in [-0.39, 0.29) is 12.1 Å². The van der Waals surface area contributed by atoms with Crippen molar-refractivity contribution >= 4 is 5.97 Å². The minimum Gasteiger partial charge on any atom is -0.456 e. The fraction of sp³-hybridized carbons (Fsp3) is 0.278. The third-order valence-corrected chi connectivity index (χ3v) is 3.99. The van der Waals surface area contributed by atoms with Gasteiger partial charge in [-0.3, -0.25) is 0 Å². The van der Waals surface area contributed by atoms with Crippen LogP contribution < -0.4 is 5.73 Å². The van der Waals surface area contributed by atoms with Gasteiger partial charge in [0.15, 0.2) is 0 Å². The highest BCUT2D eigenvalue weighted by Crippen LogP contribution is 2.33. The van der Waals surface area contributed by atoms with Crippen molar-refractivity contribution in [3.8, 4) is 0 Å². The maximum Gasteiger partial charge on any atom is 0.328 e. The van der Waals surface area contributed by atoms with E-state index in [4.69, 9.17) is 10.5 Å². The minimum absolute atomic E-state index is 0.169. The number of esters is 1. The van der Waals surface area contributed by atoms with Gasteiger partial charge in [0.1, 0.15) is 12.1 Å². The third-order valence-electron chi connectivity index (χ3n) is 3.99. The lowest BCUT2D eigenvalue weighted by atomic mass is 9.89. The highest BCUT2D eigenvalue weighted by Gasteiger charge is 2.26. The van der Waals surface area contributed by atoms with Gasteiger partial charge in [0.05, 0.1) is 0 Å². The molecule has 3 heteroatoms. The van der Waals surface area contributed by atoms with Crippen LogP contribution in [0.1, 0.15) is 41.7 Å². The SMILES string of the molecule is NC(C(=O)OC1CCCc2ccccc21)c1ccccc1. The Kier molecular flexibility index (Phi) is 4.02. The molecule has 0 saturated carbocycles. The summed E-state index contributed by atoms with van der Waals surface area (Å²) in [5.74, 6) is -0.358. The fourth-order valence-corrected chi connectivity index (χ4v) is 2.84. The largest absolute Gasteiger partial charge is 0.456 e. The summed E-state index contributed by atoms with van der Waals surface area (Å²) in [4.78, 5) is 12.3. The van der Waals surface area contributed by atoms with Crippen LogP contribution in [0.4, 0.5) is 0 Å². The number of carbonyl (C=O) groups is 1. The Morgan fingerprint density at radius 3 is 2.62 bits per heavy atom. The molecule has 0 bridgehead atoms. The average molecular weight is 281 g/mol. The van der Waals surface area contributed by atoms with Crippen LogP contribution in [-0.4, -0.2) is 5.97 Å². The van der Waals surface area contributed by atoms with Crippen molar-refractivity contribution in [3.05, 3.63) is 71.3 Å². The Bertz CT molecular complexity index is 624. The summed E-state index contributed by atoms with van der Waals surface area (Å²) in [5, 5.41) is 0. The van der Waals surface area contributed by atoms with Gasteiger partial charge in [0, 0.05) is 0 Å². The number of fused-ring (bicyclic) bond motifs is 1. The van der Waals surface area contributed by atoms with Crippen molar-refractivity contribution < 1.29 is 9.53 Å². The van der Waals surface area contributed by atoms with Crippen molar-refractivity contribution in [2.75, 3.05) is 0 Å². The molecule has 2 aromatic carbocycles. The van der Waals surface area contributed by atoms with Crippen LogP contribution in [-0.2, 0) is 16.0 Å². The van der Waals surface area contributed by atoms with Gasteiger partial charge in [0.2, 0.25) is 0 Å². The Morgan fingerprint density at radius 1 is 1.10 bits per heavy atom. The van der Waals surface area contributed by atoms with Crippen LogP contribution in [0.5, 0.6) is 0 Å². The number of hydrogen-bond acceptors (Lipinski definition) is 3. The highest BCUT2D eigenvalue weighted by atomic mass is 16.5. The van der Waals surface area contributed by atoms with E-state index in [0.717, 1.165) is 30.4 Å². The average Bonchev–Trinajstić information content (AvgIpc) is 2.55. The predicted octanol–water partition coefficient (Wildman–Crippen LogP) is 3.31. The Balaban J connectivity index is 1.74. The maximum atomic E-state index is 12.3. The first kappa shape index (κ1) is 13.8. The van der Waals surface area contributed by atoms with Crippen molar-refractivity contribution in [3.63, 3.8) is 0 Å². The van der Waals surface area contributed by atoms with E-state index in [1.165, 1.54) is 5.56 Å². The lowest BCUT2D eigenvalue weighted by Gasteiger charge is -2.26. The number of benzene rings is 2. The van der Waals surface area contributed by atoms with Gasteiger partial charge in [-0.05, 0) is 36.0 Å². The monoisotopic (exact) mass is 281 g/mol. The smallest absolute Gasteiger partial charge is 0.328 e. The molecule has 0 aliphatic heterocycles. The number of carbonyl (C=O) groups excluding carboxylic acids is 1. The highest BCUT2D eigenvalue weighted by molar-refractivity contribution is 5.77. The quantitative estimate of drug-likeness (QED) is 0.878. The molecule has 2 unspecified atom stereocenters. The first-order chi connectivity index (χ1) is 10.3. The van der Waals surface area contributed by atoms with E-state index >= 15 is 0 Å². The number of ether oxygens (including phenoxy) is 1. The Morgan fingerprint density at radius 2 is 1.81 bits per heavy atom. The molecule has 0 aromatic heterocycles. The van der Waals surface area contributed by atoms with Crippen LogP contribution in [0.25, 0.3) is 0 Å². The molecule has 21 heavy (non-hydrogen) atoms. The summed E-state index contributed by atoms with van der Waals surface area (Å²) < 4.78 is 5.67. The normalized spacial score (nSPS) is 18.6. The molecule has 3 rings (SSSR count). The Labute approximate surface area is 124 Å². The summed E-state index contributed by atoms with van der Waals surface area (Å²) >= 11 is 0. The number of nitrogens with two attached hydrogens (primary N) is 1. The van der Waals surface area contributed by atoms with E-state index in [1.54, 1.807) is 0 Å². The molecule has 0 heterocycles. The summed E-state index contributed by atoms with van der Waals surface area (Å²) in [7, 11) is 0. The number of rotatable bonds is 3. The molecule has 0 radical (unpaired) electrons. The predicted molar refractivity (Wildman–Crippen MR) is 81.6 cm³/mol. The molecular weight excluding hydrogens is 262 g/mol. The van der Waals surface area contributed by atoms with Gasteiger partial charge in [-0.2, -0.15) is 0 Å². The van der Waals surface area contributed by atoms with Crippen LogP contribution in [0.3, 0.4) is 0 Å². The van der Waals surface area contributed by atoms with Gasteiger partial charge in [-0.25, -0.2) is 4.79 Å². The summed E-state index contributed by atoms with van der Waals surface area (Å²) in [5.41, 5.74) is 9.18. The molecule has 2 atom stereocenters. The van der Waals surface area contributed by atoms with Crippen LogP contribution in [0.2, 0.25) is 0 Å². The molecule has 3 nitrogen and oxygen atoms in total. The number of hydrogen-bond donors (Lipinski definition) is 1. The van der Waals surface area contributed by atoms with Gasteiger partial charge in [-0.15, -0.1) is 0 Å². The van der Waals surface area contributed by atoms with Crippen LogP contribution in [0.15, 0.2) is 54.6 Å². The molecule has 0 saturated heterocycles. The van der Waals surface area contributed by atoms with Crippen molar-refractivity contribution in [1.29, 1.82) is 0 Å². The minimum atomic E-state index is -0.722. The zero-order valence-electron chi connectivity index (χ0n) is 11.9. The molecule has 1 aliphatic rings. The molecule has 0 fully saturated rings. The lowest BCUT2D eigenvalue weighted by Crippen LogP contribution is -2.26. The van der Waals surface area contributed by atoms with E-state index in [1.807, 2.05) is 48.5 Å². The number of aryl methyl sites for hydroxylation is 1. The van der Waals surface area contributed by atoms with Gasteiger partial charge in [-0.1, -0.05) is 54.6 Å². The molecule has 108 valence electrons. The summed E-state index contributed by atoms with van der Waals surface area (Å²) in [6.07, 6.45) is 2.78. The first-order valence-electron chi connectivity index (χ1n) is 7.34. The van der Waals surface area contributed by atoms with Crippen molar-refractivity contribution in [2.45, 2.75) is 31.4 Å². The van der Waals surface area contributed by atoms with Crippen LogP contribution in [0, 0.1) is 0 Å². The van der Waals surface area contributed by atoms with E-state index in [0.29, 0.717) is 0 Å².